The molecule has 3 aromatic rings. The van der Waals surface area contributed by atoms with Crippen molar-refractivity contribution in [3.05, 3.63) is 50.6 Å². The van der Waals surface area contributed by atoms with Crippen LogP contribution in [0.1, 0.15) is 25.6 Å². The number of carbonyl (C=O) groups is 1. The van der Waals surface area contributed by atoms with Gasteiger partial charge in [-0.25, -0.2) is 9.78 Å². The number of fused-ring (bicyclic) bond motifs is 1. The van der Waals surface area contributed by atoms with Crippen molar-refractivity contribution < 1.29 is 9.90 Å². The van der Waals surface area contributed by atoms with Crippen molar-refractivity contribution in [2.24, 2.45) is 0 Å². The number of aryl methyl sites for hydroxylation is 1. The van der Waals surface area contributed by atoms with Crippen molar-refractivity contribution in [2.75, 3.05) is 0 Å². The fourth-order valence-corrected chi connectivity index (χ4v) is 3.82. The zero-order valence-corrected chi connectivity index (χ0v) is 15.6. The monoisotopic (exact) mass is 376 g/mol. The third kappa shape index (κ3) is 2.85. The molecule has 0 aliphatic rings. The number of aliphatic carboxylic acids is 1. The number of hydrogen-bond acceptors (Lipinski definition) is 4. The van der Waals surface area contributed by atoms with E-state index in [9.17, 15) is 14.7 Å². The van der Waals surface area contributed by atoms with Crippen LogP contribution in [0.25, 0.3) is 21.6 Å². The summed E-state index contributed by atoms with van der Waals surface area (Å²) in [5.41, 5.74) is -1.31. The van der Waals surface area contributed by atoms with Crippen molar-refractivity contribution in [3.8, 4) is 11.4 Å². The van der Waals surface area contributed by atoms with Crippen LogP contribution >= 0.6 is 22.9 Å². The minimum absolute atomic E-state index is 0.264. The van der Waals surface area contributed by atoms with Gasteiger partial charge in [-0.15, -0.1) is 11.3 Å². The maximum atomic E-state index is 13.1. The average Bonchev–Trinajstić information content (AvgIpc) is 2.98. The summed E-state index contributed by atoms with van der Waals surface area (Å²) in [5.74, 6) is -0.852. The Kier molecular flexibility index (Phi) is 4.43. The van der Waals surface area contributed by atoms with Gasteiger partial charge in [-0.3, -0.25) is 9.36 Å². The van der Waals surface area contributed by atoms with Crippen LogP contribution < -0.4 is 5.56 Å². The molecule has 2 heterocycles. The highest BCUT2D eigenvalue weighted by atomic mass is 35.5. The highest BCUT2D eigenvalue weighted by Crippen LogP contribution is 2.32. The summed E-state index contributed by atoms with van der Waals surface area (Å²) in [6, 6.07) is 8.77. The van der Waals surface area contributed by atoms with Gasteiger partial charge in [-0.05, 0) is 38.5 Å². The molecule has 1 aromatic carbocycles. The van der Waals surface area contributed by atoms with Gasteiger partial charge in [0, 0.05) is 10.4 Å². The molecule has 0 bridgehead atoms. The number of nitrogens with zero attached hydrogens (tertiary/aromatic N) is 2. The van der Waals surface area contributed by atoms with Crippen LogP contribution in [-0.4, -0.2) is 20.6 Å². The highest BCUT2D eigenvalue weighted by molar-refractivity contribution is 7.18. The molecule has 2 aromatic heterocycles. The van der Waals surface area contributed by atoms with E-state index in [2.05, 4.69) is 4.98 Å². The molecule has 0 saturated heterocycles. The minimum Gasteiger partial charge on any atom is -0.480 e. The molecule has 25 heavy (non-hydrogen) atoms. The van der Waals surface area contributed by atoms with Gasteiger partial charge in [0.25, 0.3) is 5.56 Å². The fraction of sp³-hybridized carbons (Fsp3) is 0.278. The molecule has 0 unspecified atom stereocenters. The Balaban J connectivity index is 2.47. The first-order valence-electron chi connectivity index (χ1n) is 7.81. The summed E-state index contributed by atoms with van der Waals surface area (Å²) >= 11 is 7.74. The van der Waals surface area contributed by atoms with E-state index in [0.717, 1.165) is 11.3 Å². The number of carboxylic acids is 1. The molecule has 7 heteroatoms. The number of thiophene rings is 1. The summed E-state index contributed by atoms with van der Waals surface area (Å²) in [4.78, 5) is 31.2. The predicted molar refractivity (Wildman–Crippen MR) is 101 cm³/mol. The highest BCUT2D eigenvalue weighted by Gasteiger charge is 2.34. The van der Waals surface area contributed by atoms with E-state index in [0.29, 0.717) is 20.8 Å². The maximum Gasteiger partial charge on any atom is 0.329 e. The molecule has 1 N–H and O–H groups in total. The molecule has 0 spiro atoms. The number of rotatable bonds is 4. The summed E-state index contributed by atoms with van der Waals surface area (Å²) < 4.78 is 1.23. The van der Waals surface area contributed by atoms with Gasteiger partial charge in [0.1, 0.15) is 16.2 Å². The lowest BCUT2D eigenvalue weighted by Gasteiger charge is -2.25. The van der Waals surface area contributed by atoms with Crippen LogP contribution in [-0.2, 0) is 16.8 Å². The number of benzene rings is 1. The van der Waals surface area contributed by atoms with E-state index in [1.807, 2.05) is 6.92 Å². The van der Waals surface area contributed by atoms with E-state index < -0.39 is 11.5 Å². The first-order chi connectivity index (χ1) is 11.8. The number of hydrogen-bond donors (Lipinski definition) is 1. The minimum atomic E-state index is -1.47. The lowest BCUT2D eigenvalue weighted by Crippen LogP contribution is -2.43. The summed E-state index contributed by atoms with van der Waals surface area (Å²) in [6.07, 6.45) is 0.782. The van der Waals surface area contributed by atoms with Crippen molar-refractivity contribution in [2.45, 2.75) is 32.7 Å². The van der Waals surface area contributed by atoms with E-state index in [1.165, 1.54) is 29.8 Å². The largest absolute Gasteiger partial charge is 0.480 e. The molecule has 3 rings (SSSR count). The van der Waals surface area contributed by atoms with Crippen molar-refractivity contribution in [3.63, 3.8) is 0 Å². The van der Waals surface area contributed by atoms with Crippen LogP contribution in [0.3, 0.4) is 0 Å². The van der Waals surface area contributed by atoms with Gasteiger partial charge in [0.2, 0.25) is 0 Å². The van der Waals surface area contributed by atoms with Gasteiger partial charge in [-0.1, -0.05) is 30.7 Å². The fourth-order valence-electron chi connectivity index (χ4n) is 2.64. The topological polar surface area (TPSA) is 72.2 Å². The first-order valence-corrected chi connectivity index (χ1v) is 9.01. The van der Waals surface area contributed by atoms with Crippen LogP contribution in [0, 0.1) is 0 Å². The Hall–Kier alpha value is -2.18. The van der Waals surface area contributed by atoms with Gasteiger partial charge in [0.05, 0.1) is 10.4 Å². The van der Waals surface area contributed by atoms with Crippen LogP contribution in [0.15, 0.2) is 35.1 Å². The Morgan fingerprint density at radius 1 is 1.36 bits per heavy atom. The van der Waals surface area contributed by atoms with Crippen molar-refractivity contribution in [1.82, 2.24) is 9.55 Å². The summed E-state index contributed by atoms with van der Waals surface area (Å²) in [7, 11) is 0. The molecule has 0 amide bonds. The third-order valence-corrected chi connectivity index (χ3v) is 5.66. The molecule has 130 valence electrons. The van der Waals surface area contributed by atoms with E-state index in [-0.39, 0.29) is 11.4 Å². The molecular weight excluding hydrogens is 360 g/mol. The normalized spacial score (nSPS) is 11.8. The van der Waals surface area contributed by atoms with Gasteiger partial charge in [0.15, 0.2) is 0 Å². The molecule has 5 nitrogen and oxygen atoms in total. The van der Waals surface area contributed by atoms with Gasteiger partial charge in [-0.2, -0.15) is 0 Å². The predicted octanol–water partition coefficient (Wildman–Crippen LogP) is 4.16. The van der Waals surface area contributed by atoms with E-state index in [1.54, 1.807) is 30.3 Å². The standard InChI is InChI=1S/C18H17ClN2O3S/c1-4-10-9-12-15(25-10)20-14(11-7-5-6-8-13(11)19)21(16(12)22)18(2,3)17(23)24/h5-9H,4H2,1-3H3,(H,23,24). The molecule has 0 atom stereocenters. The van der Waals surface area contributed by atoms with Gasteiger partial charge >= 0.3 is 5.97 Å². The molecular formula is C18H17ClN2O3S. The number of halogens is 1. The Morgan fingerprint density at radius 3 is 2.64 bits per heavy atom. The molecule has 0 aliphatic carbocycles. The average molecular weight is 377 g/mol. The SMILES string of the molecule is CCc1cc2c(=O)n(C(C)(C)C(=O)O)c(-c3ccccc3Cl)nc2s1. The second-order valence-corrected chi connectivity index (χ2v) is 7.73. The second-order valence-electron chi connectivity index (χ2n) is 6.21. The Morgan fingerprint density at radius 2 is 2.04 bits per heavy atom. The smallest absolute Gasteiger partial charge is 0.329 e. The van der Waals surface area contributed by atoms with Gasteiger partial charge < -0.3 is 5.11 Å². The van der Waals surface area contributed by atoms with Crippen molar-refractivity contribution >= 4 is 39.1 Å². The summed E-state index contributed by atoms with van der Waals surface area (Å²) in [5, 5.41) is 10.5. The van der Waals surface area contributed by atoms with E-state index in [4.69, 9.17) is 11.6 Å². The Bertz CT molecular complexity index is 1040. The number of aromatic nitrogens is 2. The quantitative estimate of drug-likeness (QED) is 0.742. The Labute approximate surface area is 153 Å². The third-order valence-electron chi connectivity index (χ3n) is 4.16. The van der Waals surface area contributed by atoms with Crippen LogP contribution in [0.4, 0.5) is 0 Å². The summed E-state index contributed by atoms with van der Waals surface area (Å²) in [6.45, 7) is 4.97. The molecule has 0 aliphatic heterocycles. The lowest BCUT2D eigenvalue weighted by molar-refractivity contribution is -0.145. The van der Waals surface area contributed by atoms with Crippen LogP contribution in [0.5, 0.6) is 0 Å². The zero-order chi connectivity index (χ0) is 18.4. The van der Waals surface area contributed by atoms with E-state index >= 15 is 0 Å². The lowest BCUT2D eigenvalue weighted by atomic mass is 10.0. The van der Waals surface area contributed by atoms with Crippen LogP contribution in [0.2, 0.25) is 5.02 Å². The second kappa shape index (κ2) is 6.28. The maximum absolute atomic E-state index is 13.1. The molecule has 0 saturated carbocycles. The first kappa shape index (κ1) is 17.6. The molecule has 0 fully saturated rings. The van der Waals surface area contributed by atoms with Crippen molar-refractivity contribution in [1.29, 1.82) is 0 Å². The zero-order valence-electron chi connectivity index (χ0n) is 14.0. The molecule has 0 radical (unpaired) electrons. The number of carboxylic acid groups (broad SMARTS) is 1.